The van der Waals surface area contributed by atoms with Crippen molar-refractivity contribution in [2.75, 3.05) is 39.5 Å². The van der Waals surface area contributed by atoms with Crippen LogP contribution in [-0.2, 0) is 8.85 Å². The van der Waals surface area contributed by atoms with E-state index in [1.807, 2.05) is 13.8 Å². The van der Waals surface area contributed by atoms with Crippen LogP contribution in [0.25, 0.3) is 0 Å². The summed E-state index contributed by atoms with van der Waals surface area (Å²) in [4.78, 5) is 2.46. The second kappa shape index (κ2) is 12.8. The van der Waals surface area contributed by atoms with E-state index < -0.39 is 8.56 Å². The van der Waals surface area contributed by atoms with E-state index >= 15 is 0 Å². The third-order valence-corrected chi connectivity index (χ3v) is 6.53. The van der Waals surface area contributed by atoms with E-state index in [2.05, 4.69) is 18.4 Å². The maximum absolute atomic E-state index is 8.98. The minimum absolute atomic E-state index is 0.285. The molecule has 1 N–H and O–H groups in total. The summed E-state index contributed by atoms with van der Waals surface area (Å²) in [6.07, 6.45) is 4.45. The fourth-order valence-corrected chi connectivity index (χ4v) is 4.83. The van der Waals surface area contributed by atoms with Gasteiger partial charge in [0.2, 0.25) is 0 Å². The second-order valence-corrected chi connectivity index (χ2v) is 8.72. The summed E-state index contributed by atoms with van der Waals surface area (Å²) in [5.74, 6) is 0. The quantitative estimate of drug-likeness (QED) is 0.501. The SMILES string of the molecule is CCCCN(CCCO)CCC[Si](C)(OCC)OCC. The van der Waals surface area contributed by atoms with Crippen LogP contribution in [-0.4, -0.2) is 58.0 Å². The van der Waals surface area contributed by atoms with Gasteiger partial charge in [0.05, 0.1) is 0 Å². The zero-order valence-corrected chi connectivity index (χ0v) is 15.0. The van der Waals surface area contributed by atoms with E-state index in [1.165, 1.54) is 12.8 Å². The van der Waals surface area contributed by atoms with Crippen LogP contribution in [0.15, 0.2) is 0 Å². The van der Waals surface area contributed by atoms with Crippen molar-refractivity contribution < 1.29 is 14.0 Å². The average molecular weight is 306 g/mol. The van der Waals surface area contributed by atoms with Gasteiger partial charge in [0.25, 0.3) is 0 Å². The molecule has 0 aliphatic carbocycles. The first-order valence-corrected chi connectivity index (χ1v) is 10.7. The molecule has 20 heavy (non-hydrogen) atoms. The van der Waals surface area contributed by atoms with Gasteiger partial charge in [-0.2, -0.15) is 0 Å². The number of aliphatic hydroxyl groups is 1. The molecule has 0 unspecified atom stereocenters. The number of hydrogen-bond donors (Lipinski definition) is 1. The molecule has 4 nitrogen and oxygen atoms in total. The minimum Gasteiger partial charge on any atom is -0.396 e. The van der Waals surface area contributed by atoms with Gasteiger partial charge in [0.1, 0.15) is 0 Å². The van der Waals surface area contributed by atoms with E-state index in [4.69, 9.17) is 14.0 Å². The highest BCUT2D eigenvalue weighted by Crippen LogP contribution is 2.16. The first-order chi connectivity index (χ1) is 9.61. The van der Waals surface area contributed by atoms with Crippen LogP contribution in [0.2, 0.25) is 12.6 Å². The van der Waals surface area contributed by atoms with Crippen molar-refractivity contribution in [1.29, 1.82) is 0 Å². The van der Waals surface area contributed by atoms with Crippen molar-refractivity contribution in [3.63, 3.8) is 0 Å². The van der Waals surface area contributed by atoms with Crippen LogP contribution in [0.1, 0.15) is 46.5 Å². The Kier molecular flexibility index (Phi) is 12.8. The Morgan fingerprint density at radius 2 is 1.45 bits per heavy atom. The smallest absolute Gasteiger partial charge is 0.334 e. The van der Waals surface area contributed by atoms with E-state index in [0.29, 0.717) is 0 Å². The standard InChI is InChI=1S/C15H35NO3Si/c1-5-8-11-16(12-9-14-17)13-10-15-20(4,18-6-2)19-7-3/h17H,5-15H2,1-4H3. The lowest BCUT2D eigenvalue weighted by Gasteiger charge is -2.28. The summed E-state index contributed by atoms with van der Waals surface area (Å²) >= 11 is 0. The lowest BCUT2D eigenvalue weighted by atomic mass is 10.3. The van der Waals surface area contributed by atoms with Crippen LogP contribution in [0, 0.1) is 0 Å². The maximum Gasteiger partial charge on any atom is 0.334 e. The van der Waals surface area contributed by atoms with Crippen LogP contribution in [0.5, 0.6) is 0 Å². The Morgan fingerprint density at radius 1 is 0.900 bits per heavy atom. The van der Waals surface area contributed by atoms with Gasteiger partial charge in [-0.3, -0.25) is 0 Å². The molecule has 0 atom stereocenters. The van der Waals surface area contributed by atoms with Crippen LogP contribution >= 0.6 is 0 Å². The van der Waals surface area contributed by atoms with E-state index in [9.17, 15) is 0 Å². The van der Waals surface area contributed by atoms with Gasteiger partial charge in [-0.25, -0.2) is 0 Å². The van der Waals surface area contributed by atoms with Gasteiger partial charge in [-0.05, 0) is 58.8 Å². The predicted octanol–water partition coefficient (Wildman–Crippen LogP) is 3.01. The Balaban J connectivity index is 4.09. The third kappa shape index (κ3) is 9.88. The maximum atomic E-state index is 8.98. The molecule has 0 fully saturated rings. The van der Waals surface area contributed by atoms with Crippen LogP contribution in [0.4, 0.5) is 0 Å². The normalized spacial score (nSPS) is 12.3. The fraction of sp³-hybridized carbons (Fsp3) is 1.00. The highest BCUT2D eigenvalue weighted by molar-refractivity contribution is 6.66. The first-order valence-electron chi connectivity index (χ1n) is 8.23. The molecular weight excluding hydrogens is 270 g/mol. The molecule has 0 saturated carbocycles. The molecule has 0 radical (unpaired) electrons. The van der Waals surface area contributed by atoms with Gasteiger partial charge >= 0.3 is 8.56 Å². The average Bonchev–Trinajstić information content (AvgIpc) is 2.41. The zero-order chi connectivity index (χ0) is 15.3. The van der Waals surface area contributed by atoms with E-state index in [1.54, 1.807) is 0 Å². The van der Waals surface area contributed by atoms with Crippen LogP contribution in [0.3, 0.4) is 0 Å². The molecule has 0 aromatic carbocycles. The summed E-state index contributed by atoms with van der Waals surface area (Å²) in [6, 6.07) is 1.05. The molecule has 122 valence electrons. The number of rotatable bonds is 14. The van der Waals surface area contributed by atoms with Gasteiger partial charge in [-0.15, -0.1) is 0 Å². The van der Waals surface area contributed by atoms with Crippen molar-refractivity contribution >= 4 is 8.56 Å². The number of aliphatic hydroxyl groups excluding tert-OH is 1. The summed E-state index contributed by atoms with van der Waals surface area (Å²) in [5, 5.41) is 8.98. The monoisotopic (exact) mass is 305 g/mol. The molecule has 5 heteroatoms. The second-order valence-electron chi connectivity index (χ2n) is 5.38. The van der Waals surface area contributed by atoms with Gasteiger partial charge in [-0.1, -0.05) is 13.3 Å². The third-order valence-electron chi connectivity index (χ3n) is 3.46. The minimum atomic E-state index is -1.95. The zero-order valence-electron chi connectivity index (χ0n) is 14.0. The number of nitrogens with zero attached hydrogens (tertiary/aromatic N) is 1. The molecule has 0 aliphatic heterocycles. The summed E-state index contributed by atoms with van der Waals surface area (Å²) in [5.41, 5.74) is 0. The molecule has 0 aromatic rings. The molecule has 0 aliphatic rings. The molecule has 0 heterocycles. The Labute approximate surface area is 126 Å². The van der Waals surface area contributed by atoms with Gasteiger partial charge < -0.3 is 18.9 Å². The summed E-state index contributed by atoms with van der Waals surface area (Å²) in [6.45, 7) is 13.5. The van der Waals surface area contributed by atoms with Crippen LogP contribution < -0.4 is 0 Å². The van der Waals surface area contributed by atoms with Crippen molar-refractivity contribution in [2.45, 2.75) is 59.0 Å². The van der Waals surface area contributed by atoms with Crippen molar-refractivity contribution in [1.82, 2.24) is 4.90 Å². The molecule has 0 bridgehead atoms. The number of hydrogen-bond acceptors (Lipinski definition) is 4. The van der Waals surface area contributed by atoms with Crippen molar-refractivity contribution in [3.05, 3.63) is 0 Å². The molecule has 0 rings (SSSR count). The van der Waals surface area contributed by atoms with Gasteiger partial charge in [0.15, 0.2) is 0 Å². The summed E-state index contributed by atoms with van der Waals surface area (Å²) < 4.78 is 11.7. The first kappa shape index (κ1) is 20.1. The predicted molar refractivity (Wildman–Crippen MR) is 87.3 cm³/mol. The number of unbranched alkanes of at least 4 members (excludes halogenated alkanes) is 1. The summed E-state index contributed by atoms with van der Waals surface area (Å²) in [7, 11) is -1.95. The highest BCUT2D eigenvalue weighted by Gasteiger charge is 2.30. The van der Waals surface area contributed by atoms with E-state index in [0.717, 1.165) is 51.7 Å². The van der Waals surface area contributed by atoms with Crippen molar-refractivity contribution in [3.8, 4) is 0 Å². The molecule has 0 saturated heterocycles. The Morgan fingerprint density at radius 3 is 1.95 bits per heavy atom. The lowest BCUT2D eigenvalue weighted by molar-refractivity contribution is 0.183. The molecule has 0 amide bonds. The molecular formula is C15H35NO3Si. The molecule has 0 spiro atoms. The highest BCUT2D eigenvalue weighted by atomic mass is 28.4. The van der Waals surface area contributed by atoms with Gasteiger partial charge in [0, 0.05) is 26.4 Å². The van der Waals surface area contributed by atoms with E-state index in [-0.39, 0.29) is 6.61 Å². The Bertz CT molecular complexity index is 203. The van der Waals surface area contributed by atoms with Crippen molar-refractivity contribution in [2.24, 2.45) is 0 Å². The molecule has 0 aromatic heterocycles. The largest absolute Gasteiger partial charge is 0.396 e. The Hall–Kier alpha value is 0.0569. The fourth-order valence-electron chi connectivity index (χ4n) is 2.43. The topological polar surface area (TPSA) is 41.9 Å². The lowest BCUT2D eigenvalue weighted by Crippen LogP contribution is -2.39.